The van der Waals surface area contributed by atoms with Crippen LogP contribution in [0.2, 0.25) is 0 Å². The van der Waals surface area contributed by atoms with Gasteiger partial charge in [-0.2, -0.15) is 8.78 Å². The molecule has 0 bridgehead atoms. The van der Waals surface area contributed by atoms with E-state index in [9.17, 15) is 8.78 Å². The summed E-state index contributed by atoms with van der Waals surface area (Å²) in [6.07, 6.45) is 0. The molecule has 4 nitrogen and oxygen atoms in total. The van der Waals surface area contributed by atoms with Crippen LogP contribution in [0.25, 0.3) is 22.4 Å². The average molecular weight is 365 g/mol. The fourth-order valence-electron chi connectivity index (χ4n) is 3.21. The summed E-state index contributed by atoms with van der Waals surface area (Å²) in [6.45, 7) is 1.05. The van der Waals surface area contributed by atoms with Crippen molar-refractivity contribution in [2.24, 2.45) is 0 Å². The van der Waals surface area contributed by atoms with Crippen molar-refractivity contribution < 1.29 is 8.78 Å². The van der Waals surface area contributed by atoms with Crippen LogP contribution in [-0.4, -0.2) is 35.7 Å². The van der Waals surface area contributed by atoms with Crippen molar-refractivity contribution in [3.05, 3.63) is 48.5 Å². The summed E-state index contributed by atoms with van der Waals surface area (Å²) in [5.41, 5.74) is 2.79. The summed E-state index contributed by atoms with van der Waals surface area (Å²) in [5, 5.41) is 3.32. The molecule has 0 unspecified atom stereocenters. The molecule has 0 radical (unpaired) electrons. The van der Waals surface area contributed by atoms with Crippen molar-refractivity contribution in [1.29, 1.82) is 0 Å². The van der Waals surface area contributed by atoms with Crippen LogP contribution < -0.4 is 10.2 Å². The second kappa shape index (κ2) is 7.37. The Morgan fingerprint density at radius 3 is 2.52 bits per heavy atom. The lowest BCUT2D eigenvalue weighted by Crippen LogP contribution is -2.43. The number of anilines is 1. The number of piperazine rings is 1. The average Bonchev–Trinajstić information content (AvgIpc) is 3.02. The van der Waals surface area contributed by atoms with E-state index >= 15 is 0 Å². The molecule has 2 aromatic carbocycles. The molecule has 0 spiro atoms. The van der Waals surface area contributed by atoms with Gasteiger partial charge in [-0.15, -0.1) is 12.4 Å². The topological polar surface area (TPSA) is 33.1 Å². The van der Waals surface area contributed by atoms with Gasteiger partial charge in [0, 0.05) is 37.4 Å². The van der Waals surface area contributed by atoms with Crippen molar-refractivity contribution >= 4 is 29.1 Å². The van der Waals surface area contributed by atoms with Gasteiger partial charge in [0.2, 0.25) is 0 Å². The molecule has 2 heterocycles. The van der Waals surface area contributed by atoms with Gasteiger partial charge >= 0.3 is 6.55 Å². The maximum absolute atomic E-state index is 13.6. The zero-order valence-electron chi connectivity index (χ0n) is 13.5. The molecule has 1 N–H and O–H groups in total. The minimum atomic E-state index is -2.63. The lowest BCUT2D eigenvalue weighted by molar-refractivity contribution is 0.0764. The highest BCUT2D eigenvalue weighted by Crippen LogP contribution is 2.31. The van der Waals surface area contributed by atoms with E-state index < -0.39 is 6.55 Å². The Labute approximate surface area is 150 Å². The number of nitrogens with zero attached hydrogens (tertiary/aromatic N) is 3. The molecule has 132 valence electrons. The standard InChI is InChI=1S/C18H18F2N4.ClH/c19-18(20)24-16-7-2-1-6-15(16)22-17(24)13-4-3-5-14(12-13)23-10-8-21-9-11-23;/h1-7,12,18,21H,8-11H2;1H. The first-order valence-corrected chi connectivity index (χ1v) is 8.05. The summed E-state index contributed by atoms with van der Waals surface area (Å²) in [7, 11) is 0. The summed E-state index contributed by atoms with van der Waals surface area (Å²) >= 11 is 0. The maximum atomic E-state index is 13.6. The van der Waals surface area contributed by atoms with Crippen LogP contribution in [0.5, 0.6) is 0 Å². The molecule has 1 aliphatic rings. The summed E-state index contributed by atoms with van der Waals surface area (Å²) in [6, 6.07) is 14.7. The lowest BCUT2D eigenvalue weighted by Gasteiger charge is -2.29. The van der Waals surface area contributed by atoms with E-state index in [-0.39, 0.29) is 12.4 Å². The van der Waals surface area contributed by atoms with Crippen LogP contribution in [0.3, 0.4) is 0 Å². The van der Waals surface area contributed by atoms with E-state index in [2.05, 4.69) is 15.2 Å². The number of fused-ring (bicyclic) bond motifs is 1. The Morgan fingerprint density at radius 2 is 1.76 bits per heavy atom. The normalized spacial score (nSPS) is 14.8. The molecule has 1 saturated heterocycles. The minimum absolute atomic E-state index is 0. The molecule has 7 heteroatoms. The number of alkyl halides is 2. The number of nitrogens with one attached hydrogen (secondary N) is 1. The molecule has 1 aliphatic heterocycles. The van der Waals surface area contributed by atoms with E-state index in [1.165, 1.54) is 0 Å². The minimum Gasteiger partial charge on any atom is -0.369 e. The quantitative estimate of drug-likeness (QED) is 0.764. The largest absolute Gasteiger partial charge is 0.369 e. The molecule has 0 atom stereocenters. The fourth-order valence-corrected chi connectivity index (χ4v) is 3.21. The fraction of sp³-hybridized carbons (Fsp3) is 0.278. The number of para-hydroxylation sites is 2. The van der Waals surface area contributed by atoms with Crippen LogP contribution in [-0.2, 0) is 0 Å². The summed E-state index contributed by atoms with van der Waals surface area (Å²) in [4.78, 5) is 6.70. The van der Waals surface area contributed by atoms with Gasteiger partial charge in [-0.25, -0.2) is 4.98 Å². The van der Waals surface area contributed by atoms with Gasteiger partial charge in [-0.3, -0.25) is 4.57 Å². The highest BCUT2D eigenvalue weighted by Gasteiger charge is 2.19. The molecule has 3 aromatic rings. The SMILES string of the molecule is Cl.FC(F)n1c(-c2cccc(N3CCNCC3)c2)nc2ccccc21. The van der Waals surface area contributed by atoms with Gasteiger partial charge in [0.05, 0.1) is 11.0 Å². The third kappa shape index (κ3) is 3.32. The first kappa shape index (κ1) is 17.6. The van der Waals surface area contributed by atoms with Gasteiger partial charge in [0.25, 0.3) is 0 Å². The molecule has 1 fully saturated rings. The Hall–Kier alpha value is -2.18. The zero-order chi connectivity index (χ0) is 16.5. The molecule has 25 heavy (non-hydrogen) atoms. The number of halogens is 3. The van der Waals surface area contributed by atoms with Gasteiger partial charge < -0.3 is 10.2 Å². The highest BCUT2D eigenvalue weighted by molar-refractivity contribution is 5.85. The Morgan fingerprint density at radius 1 is 1.00 bits per heavy atom. The molecule has 4 rings (SSSR count). The van der Waals surface area contributed by atoms with Crippen molar-refractivity contribution in [1.82, 2.24) is 14.9 Å². The van der Waals surface area contributed by atoms with Crippen molar-refractivity contribution in [2.75, 3.05) is 31.1 Å². The van der Waals surface area contributed by atoms with Crippen molar-refractivity contribution in [2.45, 2.75) is 6.55 Å². The van der Waals surface area contributed by atoms with Gasteiger partial charge in [-0.05, 0) is 24.3 Å². The highest BCUT2D eigenvalue weighted by atomic mass is 35.5. The van der Waals surface area contributed by atoms with Crippen LogP contribution in [0.15, 0.2) is 48.5 Å². The molecule has 0 saturated carbocycles. The van der Waals surface area contributed by atoms with Gasteiger partial charge in [0.15, 0.2) is 0 Å². The first-order chi connectivity index (χ1) is 11.7. The number of hydrogen-bond acceptors (Lipinski definition) is 3. The van der Waals surface area contributed by atoms with E-state index in [0.29, 0.717) is 22.4 Å². The second-order valence-corrected chi connectivity index (χ2v) is 5.86. The first-order valence-electron chi connectivity index (χ1n) is 8.05. The Bertz CT molecular complexity index is 859. The monoisotopic (exact) mass is 364 g/mol. The number of aromatic nitrogens is 2. The van der Waals surface area contributed by atoms with Gasteiger partial charge in [0.1, 0.15) is 5.82 Å². The molecule has 0 amide bonds. The van der Waals surface area contributed by atoms with Crippen molar-refractivity contribution in [3.63, 3.8) is 0 Å². The van der Waals surface area contributed by atoms with E-state index in [4.69, 9.17) is 0 Å². The second-order valence-electron chi connectivity index (χ2n) is 5.86. The molecular weight excluding hydrogens is 346 g/mol. The lowest BCUT2D eigenvalue weighted by atomic mass is 10.1. The van der Waals surface area contributed by atoms with Crippen LogP contribution >= 0.6 is 12.4 Å². The van der Waals surface area contributed by atoms with Crippen LogP contribution in [0, 0.1) is 0 Å². The Balaban J connectivity index is 0.00000182. The Kier molecular flexibility index (Phi) is 5.20. The molecular formula is C18H19ClF2N4. The maximum Gasteiger partial charge on any atom is 0.320 e. The van der Waals surface area contributed by atoms with Crippen LogP contribution in [0.4, 0.5) is 14.5 Å². The van der Waals surface area contributed by atoms with E-state index in [0.717, 1.165) is 36.4 Å². The van der Waals surface area contributed by atoms with E-state index in [1.54, 1.807) is 18.2 Å². The summed E-state index contributed by atoms with van der Waals surface area (Å²) in [5.74, 6) is 0.309. The molecule has 1 aromatic heterocycles. The molecule has 0 aliphatic carbocycles. The number of imidazole rings is 1. The smallest absolute Gasteiger partial charge is 0.320 e. The third-order valence-electron chi connectivity index (χ3n) is 4.38. The van der Waals surface area contributed by atoms with Gasteiger partial charge in [-0.1, -0.05) is 24.3 Å². The van der Waals surface area contributed by atoms with Crippen LogP contribution in [0.1, 0.15) is 6.55 Å². The summed E-state index contributed by atoms with van der Waals surface area (Å²) < 4.78 is 28.3. The number of rotatable bonds is 3. The zero-order valence-corrected chi connectivity index (χ0v) is 14.3. The number of benzene rings is 2. The predicted octanol–water partition coefficient (Wildman–Crippen LogP) is 3.93. The predicted molar refractivity (Wildman–Crippen MR) is 98.8 cm³/mol. The van der Waals surface area contributed by atoms with E-state index in [1.807, 2.05) is 30.3 Å². The van der Waals surface area contributed by atoms with Crippen molar-refractivity contribution in [3.8, 4) is 11.4 Å². The third-order valence-corrected chi connectivity index (χ3v) is 4.38. The number of hydrogen-bond donors (Lipinski definition) is 1.